The standard InChI is InChI=1S/C33H34FN5O6/c1-6-26(40)22-12-13-24(34)28(23-16-25(23)37-31(42)38-27-14-11-19(17-35)18-36-27)29(22)44-30(41)20-9-8-10-21(15-20)39(7-2)32(43)45-33(3,4)5/h8-15,18,23,25H,6-7,16H2,1-5H3,(H2,36,37,38,42)/t23-,25+/m1/s1. The number of amides is 3. The van der Waals surface area contributed by atoms with E-state index in [0.717, 1.165) is 6.07 Å². The molecule has 2 N–H and O–H groups in total. The third kappa shape index (κ3) is 8.00. The molecular weight excluding hydrogens is 581 g/mol. The summed E-state index contributed by atoms with van der Waals surface area (Å²) in [5.41, 5.74) is 0.107. The molecule has 0 spiro atoms. The van der Waals surface area contributed by atoms with Crippen molar-refractivity contribution in [2.75, 3.05) is 16.8 Å². The number of carbonyl (C=O) groups excluding carboxylic acids is 4. The van der Waals surface area contributed by atoms with E-state index in [4.69, 9.17) is 14.7 Å². The van der Waals surface area contributed by atoms with Crippen LogP contribution >= 0.6 is 0 Å². The van der Waals surface area contributed by atoms with Gasteiger partial charge in [-0.25, -0.2) is 23.8 Å². The van der Waals surface area contributed by atoms with Gasteiger partial charge in [0, 0.05) is 42.4 Å². The number of rotatable bonds is 9. The Balaban J connectivity index is 1.57. The van der Waals surface area contributed by atoms with E-state index >= 15 is 4.39 Å². The Hall–Kier alpha value is -5.31. The molecule has 3 amide bonds. The molecule has 234 valence electrons. The van der Waals surface area contributed by atoms with Crippen molar-refractivity contribution in [1.29, 1.82) is 5.26 Å². The van der Waals surface area contributed by atoms with Crippen LogP contribution in [0.4, 0.5) is 25.5 Å². The third-order valence-electron chi connectivity index (χ3n) is 6.89. The van der Waals surface area contributed by atoms with Crippen LogP contribution in [0.1, 0.15) is 85.2 Å². The molecule has 0 saturated heterocycles. The predicted molar refractivity (Wildman–Crippen MR) is 164 cm³/mol. The number of nitrogens with one attached hydrogen (secondary N) is 2. The van der Waals surface area contributed by atoms with Gasteiger partial charge in [-0.05, 0) is 76.6 Å². The summed E-state index contributed by atoms with van der Waals surface area (Å²) in [6.07, 6.45) is 1.13. The molecule has 0 aliphatic heterocycles. The fraction of sp³-hybridized carbons (Fsp3) is 0.333. The number of nitriles is 1. The van der Waals surface area contributed by atoms with Crippen molar-refractivity contribution in [3.63, 3.8) is 0 Å². The number of halogens is 1. The van der Waals surface area contributed by atoms with Gasteiger partial charge in [0.25, 0.3) is 0 Å². The minimum absolute atomic E-state index is 0.00421. The number of urea groups is 1. The Labute approximate surface area is 260 Å². The first-order valence-electron chi connectivity index (χ1n) is 14.5. The lowest BCUT2D eigenvalue weighted by Crippen LogP contribution is -2.36. The molecule has 4 rings (SSSR count). The van der Waals surface area contributed by atoms with Gasteiger partial charge in [0.1, 0.15) is 29.1 Å². The summed E-state index contributed by atoms with van der Waals surface area (Å²) < 4.78 is 26.6. The number of nitrogens with zero attached hydrogens (tertiary/aromatic N) is 3. The van der Waals surface area contributed by atoms with Crippen molar-refractivity contribution in [3.05, 3.63) is 82.8 Å². The number of ether oxygens (including phenoxy) is 2. The Kier molecular flexibility index (Phi) is 9.82. The second-order valence-corrected chi connectivity index (χ2v) is 11.4. The monoisotopic (exact) mass is 615 g/mol. The average Bonchev–Trinajstić information content (AvgIpc) is 3.74. The summed E-state index contributed by atoms with van der Waals surface area (Å²) in [6, 6.07) is 12.4. The van der Waals surface area contributed by atoms with Gasteiger partial charge in [-0.2, -0.15) is 5.26 Å². The molecule has 0 unspecified atom stereocenters. The zero-order valence-corrected chi connectivity index (χ0v) is 25.6. The number of pyridine rings is 1. The minimum Gasteiger partial charge on any atom is -0.443 e. The largest absolute Gasteiger partial charge is 0.443 e. The van der Waals surface area contributed by atoms with Gasteiger partial charge in [-0.15, -0.1) is 0 Å². The van der Waals surface area contributed by atoms with Gasteiger partial charge >= 0.3 is 18.1 Å². The quantitative estimate of drug-likeness (QED) is 0.161. The van der Waals surface area contributed by atoms with Crippen molar-refractivity contribution in [3.8, 4) is 11.8 Å². The number of ketones is 1. The summed E-state index contributed by atoms with van der Waals surface area (Å²) >= 11 is 0. The number of esters is 1. The second kappa shape index (κ2) is 13.5. The number of benzene rings is 2. The fourth-order valence-corrected chi connectivity index (χ4v) is 4.66. The highest BCUT2D eigenvalue weighted by molar-refractivity contribution is 6.01. The van der Waals surface area contributed by atoms with E-state index in [1.807, 2.05) is 6.07 Å². The lowest BCUT2D eigenvalue weighted by molar-refractivity contribution is 0.0580. The van der Waals surface area contributed by atoms with Crippen LogP contribution in [0.3, 0.4) is 0 Å². The maximum Gasteiger partial charge on any atom is 0.414 e. The number of carbonyl (C=O) groups is 4. The SMILES string of the molecule is CCC(=O)c1ccc(F)c([C@@H]2C[C@@H]2NC(=O)Nc2ccc(C#N)cn2)c1OC(=O)c1cccc(N(CC)C(=O)OC(C)(C)C)c1. The van der Waals surface area contributed by atoms with E-state index < -0.39 is 41.5 Å². The Morgan fingerprint density at radius 1 is 1.11 bits per heavy atom. The molecule has 1 aromatic heterocycles. The molecule has 1 aliphatic carbocycles. The topological polar surface area (TPSA) is 151 Å². The lowest BCUT2D eigenvalue weighted by atomic mass is 9.99. The molecule has 1 saturated carbocycles. The van der Waals surface area contributed by atoms with Crippen LogP contribution in [0.2, 0.25) is 0 Å². The normalized spacial score (nSPS) is 15.3. The van der Waals surface area contributed by atoms with Crippen molar-refractivity contribution >= 4 is 35.4 Å². The zero-order chi connectivity index (χ0) is 32.9. The molecule has 0 radical (unpaired) electrons. The summed E-state index contributed by atoms with van der Waals surface area (Å²) in [7, 11) is 0. The number of hydrogen-bond donors (Lipinski definition) is 2. The van der Waals surface area contributed by atoms with Crippen LogP contribution < -0.4 is 20.3 Å². The van der Waals surface area contributed by atoms with Crippen LogP contribution in [0, 0.1) is 17.1 Å². The van der Waals surface area contributed by atoms with Gasteiger partial charge in [0.05, 0.1) is 16.7 Å². The minimum atomic E-state index is -0.858. The summed E-state index contributed by atoms with van der Waals surface area (Å²) in [5, 5.41) is 14.2. The second-order valence-electron chi connectivity index (χ2n) is 11.4. The van der Waals surface area contributed by atoms with Gasteiger partial charge in [0.15, 0.2) is 5.78 Å². The number of anilines is 2. The summed E-state index contributed by atoms with van der Waals surface area (Å²) in [5.74, 6) is -2.47. The van der Waals surface area contributed by atoms with Gasteiger partial charge in [-0.1, -0.05) is 13.0 Å². The number of hydrogen-bond acceptors (Lipinski definition) is 8. The maximum atomic E-state index is 15.4. The van der Waals surface area contributed by atoms with Crippen LogP contribution in [0.5, 0.6) is 5.75 Å². The van der Waals surface area contributed by atoms with E-state index in [2.05, 4.69) is 15.6 Å². The number of Topliss-reactive ketones (excluding diaryl/α,β-unsaturated/α-hetero) is 1. The highest BCUT2D eigenvalue weighted by Gasteiger charge is 2.44. The fourth-order valence-electron chi connectivity index (χ4n) is 4.66. The van der Waals surface area contributed by atoms with Crippen molar-refractivity contribution in [1.82, 2.24) is 10.3 Å². The van der Waals surface area contributed by atoms with E-state index in [0.29, 0.717) is 17.7 Å². The summed E-state index contributed by atoms with van der Waals surface area (Å²) in [4.78, 5) is 57.0. The molecule has 11 nitrogen and oxygen atoms in total. The Morgan fingerprint density at radius 2 is 1.87 bits per heavy atom. The van der Waals surface area contributed by atoms with E-state index in [1.165, 1.54) is 41.4 Å². The maximum absolute atomic E-state index is 15.4. The highest BCUT2D eigenvalue weighted by Crippen LogP contribution is 2.47. The molecule has 3 aromatic rings. The predicted octanol–water partition coefficient (Wildman–Crippen LogP) is 6.34. The van der Waals surface area contributed by atoms with Crippen LogP contribution in [0.15, 0.2) is 54.7 Å². The van der Waals surface area contributed by atoms with Crippen LogP contribution in [0.25, 0.3) is 0 Å². The first-order chi connectivity index (χ1) is 21.3. The Morgan fingerprint density at radius 3 is 2.49 bits per heavy atom. The third-order valence-corrected chi connectivity index (χ3v) is 6.89. The molecule has 45 heavy (non-hydrogen) atoms. The van der Waals surface area contributed by atoms with E-state index in [-0.39, 0.29) is 47.0 Å². The molecule has 0 bridgehead atoms. The zero-order valence-electron chi connectivity index (χ0n) is 25.6. The molecule has 1 fully saturated rings. The molecule has 2 aromatic carbocycles. The lowest BCUT2D eigenvalue weighted by Gasteiger charge is -2.26. The van der Waals surface area contributed by atoms with Crippen molar-refractivity contribution < 1.29 is 33.0 Å². The average molecular weight is 616 g/mol. The van der Waals surface area contributed by atoms with Crippen molar-refractivity contribution in [2.24, 2.45) is 0 Å². The molecule has 12 heteroatoms. The van der Waals surface area contributed by atoms with Gasteiger partial charge < -0.3 is 14.8 Å². The Bertz CT molecular complexity index is 1660. The van der Waals surface area contributed by atoms with Crippen LogP contribution in [-0.2, 0) is 4.74 Å². The molecular formula is C33H34FN5O6. The van der Waals surface area contributed by atoms with Gasteiger partial charge in [0.2, 0.25) is 0 Å². The molecule has 2 atom stereocenters. The first kappa shape index (κ1) is 32.6. The van der Waals surface area contributed by atoms with Crippen LogP contribution in [-0.4, -0.2) is 47.0 Å². The van der Waals surface area contributed by atoms with E-state index in [9.17, 15) is 19.2 Å². The van der Waals surface area contributed by atoms with E-state index in [1.54, 1.807) is 46.8 Å². The smallest absolute Gasteiger partial charge is 0.414 e. The molecule has 1 aliphatic rings. The van der Waals surface area contributed by atoms with Crippen molar-refractivity contribution in [2.45, 2.75) is 65.0 Å². The first-order valence-corrected chi connectivity index (χ1v) is 14.5. The summed E-state index contributed by atoms with van der Waals surface area (Å²) in [6.45, 7) is 8.91. The van der Waals surface area contributed by atoms with Gasteiger partial charge in [-0.3, -0.25) is 15.0 Å². The highest BCUT2D eigenvalue weighted by atomic mass is 19.1. The molecule has 1 heterocycles. The number of aromatic nitrogens is 1.